The van der Waals surface area contributed by atoms with Crippen molar-refractivity contribution in [2.75, 3.05) is 0 Å². The summed E-state index contributed by atoms with van der Waals surface area (Å²) in [5, 5.41) is 17.9. The Labute approximate surface area is 76.6 Å². The van der Waals surface area contributed by atoms with Crippen LogP contribution in [0.25, 0.3) is 0 Å². The van der Waals surface area contributed by atoms with Crippen molar-refractivity contribution < 1.29 is 15.0 Å². The van der Waals surface area contributed by atoms with Gasteiger partial charge >= 0.3 is 0 Å². The van der Waals surface area contributed by atoms with Crippen LogP contribution in [0.4, 0.5) is 0 Å². The Bertz CT molecular complexity index is 266. The summed E-state index contributed by atoms with van der Waals surface area (Å²) in [6.07, 6.45) is 0.711. The molecule has 0 amide bonds. The van der Waals surface area contributed by atoms with Gasteiger partial charge in [-0.3, -0.25) is 0 Å². The summed E-state index contributed by atoms with van der Waals surface area (Å²) < 4.78 is 0. The van der Waals surface area contributed by atoms with E-state index in [0.717, 1.165) is 5.56 Å². The van der Waals surface area contributed by atoms with Crippen LogP contribution in [-0.4, -0.2) is 22.6 Å². The van der Waals surface area contributed by atoms with Crippen LogP contribution < -0.4 is 0 Å². The largest absolute Gasteiger partial charge is 0.508 e. The summed E-state index contributed by atoms with van der Waals surface area (Å²) in [6, 6.07) is 6.71. The molecule has 0 fully saturated rings. The first-order chi connectivity index (χ1) is 6.22. The summed E-state index contributed by atoms with van der Waals surface area (Å²) in [5.41, 5.74) is 0.999. The van der Waals surface area contributed by atoms with Gasteiger partial charge in [0.15, 0.2) is 0 Å². The Kier molecular flexibility index (Phi) is 3.46. The van der Waals surface area contributed by atoms with E-state index in [0.29, 0.717) is 19.1 Å². The van der Waals surface area contributed by atoms with Crippen LogP contribution >= 0.6 is 0 Å². The second-order valence-corrected chi connectivity index (χ2v) is 2.91. The first-order valence-corrected chi connectivity index (χ1v) is 4.13. The van der Waals surface area contributed by atoms with Crippen LogP contribution in [0.2, 0.25) is 0 Å². The number of aliphatic hydroxyl groups is 1. The SMILES string of the molecule is O=CC(O)CCc1ccc(O)cc1. The first kappa shape index (κ1) is 9.74. The van der Waals surface area contributed by atoms with E-state index in [-0.39, 0.29) is 5.75 Å². The lowest BCUT2D eigenvalue weighted by Crippen LogP contribution is -2.08. The molecule has 0 bridgehead atoms. The van der Waals surface area contributed by atoms with Gasteiger partial charge in [0.05, 0.1) is 0 Å². The van der Waals surface area contributed by atoms with Gasteiger partial charge in [-0.1, -0.05) is 12.1 Å². The molecule has 0 aromatic heterocycles. The van der Waals surface area contributed by atoms with Gasteiger partial charge in [0, 0.05) is 0 Å². The lowest BCUT2D eigenvalue weighted by molar-refractivity contribution is -0.115. The van der Waals surface area contributed by atoms with Crippen molar-refractivity contribution in [2.24, 2.45) is 0 Å². The van der Waals surface area contributed by atoms with Crippen molar-refractivity contribution >= 4 is 6.29 Å². The number of rotatable bonds is 4. The number of carbonyl (C=O) groups excluding carboxylic acids is 1. The van der Waals surface area contributed by atoms with Crippen molar-refractivity contribution in [1.82, 2.24) is 0 Å². The fourth-order valence-electron chi connectivity index (χ4n) is 1.05. The fourth-order valence-corrected chi connectivity index (χ4v) is 1.05. The topological polar surface area (TPSA) is 57.5 Å². The van der Waals surface area contributed by atoms with Crippen molar-refractivity contribution in [3.05, 3.63) is 29.8 Å². The molecule has 0 saturated carbocycles. The Morgan fingerprint density at radius 3 is 2.46 bits per heavy atom. The number of hydrogen-bond donors (Lipinski definition) is 2. The highest BCUT2D eigenvalue weighted by Gasteiger charge is 2.01. The van der Waals surface area contributed by atoms with Gasteiger partial charge in [0.1, 0.15) is 18.1 Å². The molecule has 0 saturated heterocycles. The molecule has 3 nitrogen and oxygen atoms in total. The number of phenolic OH excluding ortho intramolecular Hbond substituents is 1. The van der Waals surface area contributed by atoms with Gasteiger partial charge in [0.25, 0.3) is 0 Å². The number of aldehydes is 1. The van der Waals surface area contributed by atoms with E-state index >= 15 is 0 Å². The number of aryl methyl sites for hydroxylation is 1. The zero-order chi connectivity index (χ0) is 9.68. The third-order valence-corrected chi connectivity index (χ3v) is 1.82. The summed E-state index contributed by atoms with van der Waals surface area (Å²) in [4.78, 5) is 10.1. The molecule has 0 aliphatic heterocycles. The molecule has 1 unspecified atom stereocenters. The van der Waals surface area contributed by atoms with Gasteiger partial charge in [-0.25, -0.2) is 0 Å². The lowest BCUT2D eigenvalue weighted by Gasteiger charge is -2.02. The Morgan fingerprint density at radius 2 is 1.92 bits per heavy atom. The monoisotopic (exact) mass is 180 g/mol. The molecular formula is C10H12O3. The highest BCUT2D eigenvalue weighted by molar-refractivity contribution is 5.55. The highest BCUT2D eigenvalue weighted by atomic mass is 16.3. The predicted molar refractivity (Wildman–Crippen MR) is 48.5 cm³/mol. The van der Waals surface area contributed by atoms with Crippen LogP contribution in [0.15, 0.2) is 24.3 Å². The number of benzene rings is 1. The molecule has 0 radical (unpaired) electrons. The molecule has 1 aromatic carbocycles. The van der Waals surface area contributed by atoms with Crippen molar-refractivity contribution in [2.45, 2.75) is 18.9 Å². The summed E-state index contributed by atoms with van der Waals surface area (Å²) in [6.45, 7) is 0. The second-order valence-electron chi connectivity index (χ2n) is 2.91. The van der Waals surface area contributed by atoms with E-state index in [2.05, 4.69) is 0 Å². The van der Waals surface area contributed by atoms with Crippen molar-refractivity contribution in [1.29, 1.82) is 0 Å². The third-order valence-electron chi connectivity index (χ3n) is 1.82. The van der Waals surface area contributed by atoms with Gasteiger partial charge in [-0.15, -0.1) is 0 Å². The van der Waals surface area contributed by atoms with E-state index in [9.17, 15) is 4.79 Å². The van der Waals surface area contributed by atoms with Crippen LogP contribution in [-0.2, 0) is 11.2 Å². The molecule has 1 aromatic rings. The van der Waals surface area contributed by atoms with Crippen LogP contribution in [0, 0.1) is 0 Å². The molecule has 0 aliphatic carbocycles. The fraction of sp³-hybridized carbons (Fsp3) is 0.300. The molecule has 70 valence electrons. The minimum absolute atomic E-state index is 0.222. The molecule has 0 spiro atoms. The molecule has 2 N–H and O–H groups in total. The molecule has 1 rings (SSSR count). The minimum Gasteiger partial charge on any atom is -0.508 e. The van der Waals surface area contributed by atoms with Crippen LogP contribution in [0.5, 0.6) is 5.75 Å². The summed E-state index contributed by atoms with van der Waals surface area (Å²) in [7, 11) is 0. The normalized spacial score (nSPS) is 12.4. The summed E-state index contributed by atoms with van der Waals surface area (Å²) in [5.74, 6) is 0.222. The molecule has 13 heavy (non-hydrogen) atoms. The molecule has 0 heterocycles. The first-order valence-electron chi connectivity index (χ1n) is 4.13. The number of aliphatic hydroxyl groups excluding tert-OH is 1. The van der Waals surface area contributed by atoms with Crippen LogP contribution in [0.1, 0.15) is 12.0 Å². The number of hydrogen-bond acceptors (Lipinski definition) is 3. The highest BCUT2D eigenvalue weighted by Crippen LogP contribution is 2.11. The van der Waals surface area contributed by atoms with Gasteiger partial charge in [0.2, 0.25) is 0 Å². The quantitative estimate of drug-likeness (QED) is 0.676. The average Bonchev–Trinajstić information content (AvgIpc) is 2.16. The average molecular weight is 180 g/mol. The summed E-state index contributed by atoms with van der Waals surface area (Å²) >= 11 is 0. The van der Waals surface area contributed by atoms with Crippen LogP contribution in [0.3, 0.4) is 0 Å². The number of carbonyl (C=O) groups is 1. The standard InChI is InChI=1S/C10H12O3/c11-7-10(13)6-3-8-1-4-9(12)5-2-8/h1-2,4-5,7,10,12-13H,3,6H2. The smallest absolute Gasteiger partial charge is 0.148 e. The minimum atomic E-state index is -0.881. The van der Waals surface area contributed by atoms with E-state index in [1.54, 1.807) is 24.3 Å². The lowest BCUT2D eigenvalue weighted by atomic mass is 10.1. The number of aromatic hydroxyl groups is 1. The zero-order valence-electron chi connectivity index (χ0n) is 7.18. The van der Waals surface area contributed by atoms with Crippen molar-refractivity contribution in [3.63, 3.8) is 0 Å². The molecule has 0 aliphatic rings. The van der Waals surface area contributed by atoms with Gasteiger partial charge < -0.3 is 15.0 Å². The van der Waals surface area contributed by atoms with Gasteiger partial charge in [-0.2, -0.15) is 0 Å². The molecule has 1 atom stereocenters. The molecule has 3 heteroatoms. The second kappa shape index (κ2) is 4.62. The maximum absolute atomic E-state index is 10.1. The van der Waals surface area contributed by atoms with E-state index in [1.807, 2.05) is 0 Å². The Balaban J connectivity index is 2.45. The zero-order valence-corrected chi connectivity index (χ0v) is 7.18. The Hall–Kier alpha value is -1.35. The Morgan fingerprint density at radius 1 is 1.31 bits per heavy atom. The third kappa shape index (κ3) is 3.25. The van der Waals surface area contributed by atoms with E-state index < -0.39 is 6.10 Å². The van der Waals surface area contributed by atoms with Gasteiger partial charge in [-0.05, 0) is 30.5 Å². The van der Waals surface area contributed by atoms with E-state index in [1.165, 1.54) is 0 Å². The number of phenols is 1. The maximum Gasteiger partial charge on any atom is 0.148 e. The molecular weight excluding hydrogens is 168 g/mol. The predicted octanol–water partition coefficient (Wildman–Crippen LogP) is 0.885. The van der Waals surface area contributed by atoms with E-state index in [4.69, 9.17) is 10.2 Å². The maximum atomic E-state index is 10.1. The van der Waals surface area contributed by atoms with Crippen molar-refractivity contribution in [3.8, 4) is 5.75 Å².